The fourth-order valence-corrected chi connectivity index (χ4v) is 2.61. The summed E-state index contributed by atoms with van der Waals surface area (Å²) in [4.78, 5) is 23.6. The fourth-order valence-electron chi connectivity index (χ4n) is 2.61. The molecule has 0 saturated carbocycles. The number of hydrogen-bond acceptors (Lipinski definition) is 7. The lowest BCUT2D eigenvalue weighted by Crippen LogP contribution is -2.44. The van der Waals surface area contributed by atoms with Crippen LogP contribution in [0.15, 0.2) is 45.1 Å². The Bertz CT molecular complexity index is 918. The minimum Gasteiger partial charge on any atom is -0.496 e. The first-order valence-corrected chi connectivity index (χ1v) is 8.44. The standard InChI is InChI=1S/C20H24O7/c1-6-11(2)19(23)27-18(20(3,4)24)17(22)13-9-12-7-8-16(21)26-14(12)10-15(13)25-5/h6-10,17-18,22,24H,1-5H3/t17-,18-/m1/s1. The molecule has 0 spiro atoms. The Morgan fingerprint density at radius 2 is 1.96 bits per heavy atom. The molecule has 0 saturated heterocycles. The number of carbonyl (C=O) groups is 1. The largest absolute Gasteiger partial charge is 0.496 e. The van der Waals surface area contributed by atoms with E-state index in [1.54, 1.807) is 32.1 Å². The molecule has 1 heterocycles. The van der Waals surface area contributed by atoms with Crippen LogP contribution >= 0.6 is 0 Å². The zero-order chi connectivity index (χ0) is 20.4. The molecular weight excluding hydrogens is 352 g/mol. The van der Waals surface area contributed by atoms with Crippen molar-refractivity contribution in [3.8, 4) is 5.75 Å². The molecule has 0 aliphatic carbocycles. The first kappa shape index (κ1) is 20.7. The van der Waals surface area contributed by atoms with Gasteiger partial charge in [-0.2, -0.15) is 0 Å². The molecule has 2 N–H and O–H groups in total. The van der Waals surface area contributed by atoms with Crippen LogP contribution in [0, 0.1) is 0 Å². The van der Waals surface area contributed by atoms with Crippen molar-refractivity contribution in [1.82, 2.24) is 0 Å². The van der Waals surface area contributed by atoms with Gasteiger partial charge < -0.3 is 24.1 Å². The summed E-state index contributed by atoms with van der Waals surface area (Å²) in [6.07, 6.45) is -1.07. The Balaban J connectivity index is 2.53. The quantitative estimate of drug-likeness (QED) is 0.453. The number of aliphatic hydroxyl groups is 2. The molecule has 27 heavy (non-hydrogen) atoms. The van der Waals surface area contributed by atoms with E-state index in [9.17, 15) is 19.8 Å². The number of rotatable bonds is 6. The lowest BCUT2D eigenvalue weighted by molar-refractivity contribution is -0.172. The Hall–Kier alpha value is -2.64. The Morgan fingerprint density at radius 3 is 2.52 bits per heavy atom. The van der Waals surface area contributed by atoms with E-state index in [1.165, 1.54) is 33.1 Å². The molecule has 0 amide bonds. The molecule has 0 bridgehead atoms. The maximum atomic E-state index is 12.2. The van der Waals surface area contributed by atoms with E-state index in [2.05, 4.69) is 0 Å². The monoisotopic (exact) mass is 376 g/mol. The van der Waals surface area contributed by atoms with E-state index >= 15 is 0 Å². The molecule has 1 aromatic heterocycles. The van der Waals surface area contributed by atoms with Gasteiger partial charge in [0.2, 0.25) is 0 Å². The molecule has 7 nitrogen and oxygen atoms in total. The van der Waals surface area contributed by atoms with Crippen molar-refractivity contribution in [1.29, 1.82) is 0 Å². The summed E-state index contributed by atoms with van der Waals surface area (Å²) in [6.45, 7) is 6.14. The maximum Gasteiger partial charge on any atom is 0.336 e. The maximum absolute atomic E-state index is 12.2. The van der Waals surface area contributed by atoms with Crippen LogP contribution in [0.4, 0.5) is 0 Å². The van der Waals surface area contributed by atoms with Crippen LogP contribution in [-0.4, -0.2) is 35.0 Å². The third-order valence-corrected chi connectivity index (χ3v) is 4.26. The van der Waals surface area contributed by atoms with Gasteiger partial charge in [0.15, 0.2) is 6.10 Å². The van der Waals surface area contributed by atoms with E-state index in [0.29, 0.717) is 11.0 Å². The summed E-state index contributed by atoms with van der Waals surface area (Å²) in [5.41, 5.74) is -1.12. The summed E-state index contributed by atoms with van der Waals surface area (Å²) in [6, 6.07) is 5.84. The molecule has 2 aromatic rings. The van der Waals surface area contributed by atoms with E-state index in [1.807, 2.05) is 0 Å². The Morgan fingerprint density at radius 1 is 1.30 bits per heavy atom. The second-order valence-corrected chi connectivity index (χ2v) is 6.78. The molecule has 1 aromatic carbocycles. The van der Waals surface area contributed by atoms with E-state index in [-0.39, 0.29) is 16.9 Å². The summed E-state index contributed by atoms with van der Waals surface area (Å²) >= 11 is 0. The lowest BCUT2D eigenvalue weighted by atomic mass is 9.91. The third kappa shape index (κ3) is 4.56. The topological polar surface area (TPSA) is 106 Å². The molecule has 0 fully saturated rings. The van der Waals surface area contributed by atoms with Crippen molar-refractivity contribution in [2.75, 3.05) is 7.11 Å². The minimum absolute atomic E-state index is 0.234. The SMILES string of the molecule is CC=C(C)C(=O)O[C@H]([C@H](O)c1cc2ccc(=O)oc2cc1OC)C(C)(C)O. The smallest absolute Gasteiger partial charge is 0.336 e. The highest BCUT2D eigenvalue weighted by Gasteiger charge is 2.39. The van der Waals surface area contributed by atoms with Gasteiger partial charge in [-0.25, -0.2) is 9.59 Å². The number of ether oxygens (including phenoxy) is 2. The molecule has 0 aliphatic rings. The first-order chi connectivity index (χ1) is 12.6. The second kappa shape index (κ2) is 7.94. The number of hydrogen-bond donors (Lipinski definition) is 2. The van der Waals surface area contributed by atoms with Gasteiger partial charge in [0.25, 0.3) is 0 Å². The fraction of sp³-hybridized carbons (Fsp3) is 0.400. The number of allylic oxidation sites excluding steroid dienone is 1. The van der Waals surface area contributed by atoms with Crippen LogP contribution in [0.5, 0.6) is 5.75 Å². The van der Waals surface area contributed by atoms with Crippen LogP contribution < -0.4 is 10.4 Å². The molecule has 7 heteroatoms. The van der Waals surface area contributed by atoms with Crippen molar-refractivity contribution in [3.05, 3.63) is 51.9 Å². The summed E-state index contributed by atoms with van der Waals surface area (Å²) in [5, 5.41) is 21.9. The van der Waals surface area contributed by atoms with E-state index in [0.717, 1.165) is 0 Å². The van der Waals surface area contributed by atoms with Crippen LogP contribution in [0.25, 0.3) is 11.0 Å². The molecule has 146 valence electrons. The Labute approximate surface area is 156 Å². The van der Waals surface area contributed by atoms with Gasteiger partial charge in [-0.1, -0.05) is 6.08 Å². The molecule has 2 atom stereocenters. The van der Waals surface area contributed by atoms with Crippen molar-refractivity contribution < 1.29 is 28.9 Å². The average Bonchev–Trinajstić information content (AvgIpc) is 2.62. The van der Waals surface area contributed by atoms with E-state index in [4.69, 9.17) is 13.9 Å². The van der Waals surface area contributed by atoms with Crippen LogP contribution in [-0.2, 0) is 9.53 Å². The van der Waals surface area contributed by atoms with Crippen molar-refractivity contribution in [2.24, 2.45) is 0 Å². The molecule has 2 rings (SSSR count). The van der Waals surface area contributed by atoms with Crippen molar-refractivity contribution in [2.45, 2.75) is 45.5 Å². The highest BCUT2D eigenvalue weighted by Crippen LogP contribution is 2.35. The summed E-state index contributed by atoms with van der Waals surface area (Å²) in [7, 11) is 1.40. The third-order valence-electron chi connectivity index (χ3n) is 4.26. The first-order valence-electron chi connectivity index (χ1n) is 8.44. The number of benzene rings is 1. The van der Waals surface area contributed by atoms with Crippen molar-refractivity contribution >= 4 is 16.9 Å². The van der Waals surface area contributed by atoms with Crippen molar-refractivity contribution in [3.63, 3.8) is 0 Å². The van der Waals surface area contributed by atoms with Gasteiger partial charge in [-0.15, -0.1) is 0 Å². The number of esters is 1. The van der Waals surface area contributed by atoms with Gasteiger partial charge in [-0.05, 0) is 39.8 Å². The molecule has 0 unspecified atom stereocenters. The van der Waals surface area contributed by atoms with E-state index < -0.39 is 29.4 Å². The molecule has 0 radical (unpaired) electrons. The lowest BCUT2D eigenvalue weighted by Gasteiger charge is -2.33. The van der Waals surface area contributed by atoms with Crippen LogP contribution in [0.2, 0.25) is 0 Å². The highest BCUT2D eigenvalue weighted by atomic mass is 16.6. The normalized spacial score (nSPS) is 14.7. The molecule has 0 aliphatic heterocycles. The van der Waals surface area contributed by atoms with Gasteiger partial charge in [0.1, 0.15) is 17.4 Å². The van der Waals surface area contributed by atoms with Crippen LogP contribution in [0.1, 0.15) is 39.4 Å². The number of methoxy groups -OCH3 is 1. The minimum atomic E-state index is -1.54. The zero-order valence-electron chi connectivity index (χ0n) is 16.0. The zero-order valence-corrected chi connectivity index (χ0v) is 16.0. The van der Waals surface area contributed by atoms with Gasteiger partial charge in [-0.3, -0.25) is 0 Å². The van der Waals surface area contributed by atoms with Gasteiger partial charge in [0.05, 0.1) is 12.7 Å². The van der Waals surface area contributed by atoms with Crippen LogP contribution in [0.3, 0.4) is 0 Å². The Kier molecular flexibility index (Phi) is 6.08. The van der Waals surface area contributed by atoms with Gasteiger partial charge in [0, 0.05) is 28.7 Å². The highest BCUT2D eigenvalue weighted by molar-refractivity contribution is 5.88. The second-order valence-electron chi connectivity index (χ2n) is 6.78. The number of aliphatic hydroxyl groups excluding tert-OH is 1. The predicted molar refractivity (Wildman–Crippen MR) is 99.6 cm³/mol. The predicted octanol–water partition coefficient (Wildman–Crippen LogP) is 2.48. The number of fused-ring (bicyclic) bond motifs is 1. The summed E-state index contributed by atoms with van der Waals surface area (Å²) in [5.74, 6) is -0.410. The summed E-state index contributed by atoms with van der Waals surface area (Å²) < 4.78 is 15.8. The average molecular weight is 376 g/mol. The molecular formula is C20H24O7. The van der Waals surface area contributed by atoms with Gasteiger partial charge >= 0.3 is 11.6 Å². The number of carbonyl (C=O) groups excluding carboxylic acids is 1.